The zero-order valence-electron chi connectivity index (χ0n) is 17.5. The molecule has 3 atom stereocenters. The number of amides is 1. The van der Waals surface area contributed by atoms with Crippen LogP contribution in [0.3, 0.4) is 0 Å². The van der Waals surface area contributed by atoms with Gasteiger partial charge in [-0.05, 0) is 32.3 Å². The number of benzene rings is 1. The number of hydrogen-bond donors (Lipinski definition) is 2. The number of carbonyl (C=O) groups is 2. The molecule has 3 unspecified atom stereocenters. The normalized spacial score (nSPS) is 18.2. The zero-order valence-corrected chi connectivity index (χ0v) is 17.5. The largest absolute Gasteiger partial charge is 0.388 e. The zero-order chi connectivity index (χ0) is 21.1. The number of aliphatic hydroxyl groups excluding tert-OH is 1. The van der Waals surface area contributed by atoms with Crippen LogP contribution < -0.4 is 5.32 Å². The van der Waals surface area contributed by atoms with Gasteiger partial charge >= 0.3 is 0 Å². The maximum Gasteiger partial charge on any atom is 0.221 e. The van der Waals surface area contributed by atoms with Crippen molar-refractivity contribution in [2.75, 3.05) is 26.3 Å². The van der Waals surface area contributed by atoms with E-state index < -0.39 is 12.2 Å². The molecule has 2 N–H and O–H groups in total. The van der Waals surface area contributed by atoms with Crippen LogP contribution in [0.15, 0.2) is 30.3 Å². The van der Waals surface area contributed by atoms with Gasteiger partial charge in [-0.2, -0.15) is 0 Å². The van der Waals surface area contributed by atoms with Crippen LogP contribution in [0.25, 0.3) is 0 Å². The summed E-state index contributed by atoms with van der Waals surface area (Å²) < 4.78 is 10.9. The second-order valence-electron chi connectivity index (χ2n) is 7.65. The highest BCUT2D eigenvalue weighted by atomic mass is 16.5. The van der Waals surface area contributed by atoms with E-state index in [0.29, 0.717) is 52.0 Å². The van der Waals surface area contributed by atoms with Gasteiger partial charge in [0.05, 0.1) is 31.6 Å². The van der Waals surface area contributed by atoms with E-state index in [-0.39, 0.29) is 18.2 Å². The van der Waals surface area contributed by atoms with E-state index in [1.165, 1.54) is 0 Å². The van der Waals surface area contributed by atoms with Gasteiger partial charge in [0.25, 0.3) is 0 Å². The summed E-state index contributed by atoms with van der Waals surface area (Å²) in [5, 5.41) is 13.7. The minimum Gasteiger partial charge on any atom is -0.388 e. The molecule has 1 saturated heterocycles. The van der Waals surface area contributed by atoms with E-state index in [2.05, 4.69) is 10.2 Å². The van der Waals surface area contributed by atoms with E-state index in [1.54, 1.807) is 0 Å². The lowest BCUT2D eigenvalue weighted by Gasteiger charge is -2.36. The molecule has 2 rings (SSSR count). The van der Waals surface area contributed by atoms with Crippen molar-refractivity contribution in [1.82, 2.24) is 10.2 Å². The third-order valence-electron chi connectivity index (χ3n) is 4.94. The molecule has 7 heteroatoms. The Bertz CT molecular complexity index is 604. The summed E-state index contributed by atoms with van der Waals surface area (Å²) in [5.74, 6) is -0.0871. The van der Waals surface area contributed by atoms with Gasteiger partial charge in [-0.3, -0.25) is 9.69 Å². The van der Waals surface area contributed by atoms with Crippen molar-refractivity contribution in [2.45, 2.75) is 64.0 Å². The summed E-state index contributed by atoms with van der Waals surface area (Å²) in [6.45, 7) is 6.41. The summed E-state index contributed by atoms with van der Waals surface area (Å²) in [4.78, 5) is 25.8. The highest BCUT2D eigenvalue weighted by Crippen LogP contribution is 2.20. The van der Waals surface area contributed by atoms with Crippen molar-refractivity contribution in [3.05, 3.63) is 35.9 Å². The molecule has 1 heterocycles. The molecule has 0 bridgehead atoms. The number of morpholine rings is 1. The molecule has 1 amide bonds. The second kappa shape index (κ2) is 12.7. The van der Waals surface area contributed by atoms with Gasteiger partial charge in [0.2, 0.25) is 5.91 Å². The molecule has 1 aliphatic rings. The SMILES string of the molecule is CC(C)OC(C=O)CCCC(=O)NC(CC(O)c1ccccc1)N1CCOCC1. The summed E-state index contributed by atoms with van der Waals surface area (Å²) in [5.41, 5.74) is 0.833. The van der Waals surface area contributed by atoms with Gasteiger partial charge in [-0.15, -0.1) is 0 Å². The standard InChI is InChI=1S/C22H34N2O5/c1-17(2)29-19(16-25)9-6-10-22(27)23-21(24-11-13-28-14-12-24)15-20(26)18-7-4-3-5-8-18/h3-5,7-8,16-17,19-21,26H,6,9-15H2,1-2H3,(H,23,27). The molecule has 0 aromatic heterocycles. The summed E-state index contributed by atoms with van der Waals surface area (Å²) >= 11 is 0. The molecular weight excluding hydrogens is 372 g/mol. The fourth-order valence-corrected chi connectivity index (χ4v) is 3.45. The third kappa shape index (κ3) is 8.62. The summed E-state index contributed by atoms with van der Waals surface area (Å²) in [6, 6.07) is 9.47. The first kappa shape index (κ1) is 23.5. The van der Waals surface area contributed by atoms with Gasteiger partial charge in [-0.1, -0.05) is 30.3 Å². The molecule has 29 heavy (non-hydrogen) atoms. The highest BCUT2D eigenvalue weighted by molar-refractivity contribution is 5.76. The number of nitrogens with zero attached hydrogens (tertiary/aromatic N) is 1. The Balaban J connectivity index is 1.89. The molecule has 1 aromatic carbocycles. The Kier molecular flexibility index (Phi) is 10.3. The van der Waals surface area contributed by atoms with Crippen molar-refractivity contribution < 1.29 is 24.2 Å². The maximum absolute atomic E-state index is 12.5. The fourth-order valence-electron chi connectivity index (χ4n) is 3.45. The third-order valence-corrected chi connectivity index (χ3v) is 4.94. The van der Waals surface area contributed by atoms with Gasteiger partial charge < -0.3 is 24.7 Å². The fraction of sp³-hybridized carbons (Fsp3) is 0.636. The van der Waals surface area contributed by atoms with Crippen LogP contribution in [0.2, 0.25) is 0 Å². The monoisotopic (exact) mass is 406 g/mol. The van der Waals surface area contributed by atoms with Crippen LogP contribution in [0.4, 0.5) is 0 Å². The van der Waals surface area contributed by atoms with Crippen LogP contribution >= 0.6 is 0 Å². The van der Waals surface area contributed by atoms with Crippen molar-refractivity contribution in [3.63, 3.8) is 0 Å². The molecule has 1 aliphatic heterocycles. The molecule has 162 valence electrons. The number of rotatable bonds is 12. The molecular formula is C22H34N2O5. The van der Waals surface area contributed by atoms with Crippen molar-refractivity contribution >= 4 is 12.2 Å². The van der Waals surface area contributed by atoms with Crippen molar-refractivity contribution in [1.29, 1.82) is 0 Å². The van der Waals surface area contributed by atoms with Gasteiger partial charge in [-0.25, -0.2) is 0 Å². The molecule has 0 spiro atoms. The number of hydrogen-bond acceptors (Lipinski definition) is 6. The maximum atomic E-state index is 12.5. The first-order valence-corrected chi connectivity index (χ1v) is 10.4. The Morgan fingerprint density at radius 3 is 2.59 bits per heavy atom. The van der Waals surface area contributed by atoms with Crippen LogP contribution in [-0.2, 0) is 19.1 Å². The van der Waals surface area contributed by atoms with Crippen LogP contribution in [0.1, 0.15) is 51.2 Å². The van der Waals surface area contributed by atoms with E-state index in [1.807, 2.05) is 44.2 Å². The quantitative estimate of drug-likeness (QED) is 0.517. The lowest BCUT2D eigenvalue weighted by atomic mass is 10.0. The van der Waals surface area contributed by atoms with Crippen LogP contribution in [0.5, 0.6) is 0 Å². The minimum absolute atomic E-state index is 0.0239. The first-order chi connectivity index (χ1) is 14.0. The number of aliphatic hydroxyl groups is 1. The molecule has 0 radical (unpaired) electrons. The average Bonchev–Trinajstić information content (AvgIpc) is 2.73. The van der Waals surface area contributed by atoms with Crippen LogP contribution in [-0.4, -0.2) is 66.9 Å². The number of carbonyl (C=O) groups excluding carboxylic acids is 2. The smallest absolute Gasteiger partial charge is 0.221 e. The van der Waals surface area contributed by atoms with Crippen LogP contribution in [0, 0.1) is 0 Å². The van der Waals surface area contributed by atoms with Gasteiger partial charge in [0.1, 0.15) is 12.4 Å². The Morgan fingerprint density at radius 2 is 1.97 bits per heavy atom. The number of aldehydes is 1. The number of nitrogens with one attached hydrogen (secondary N) is 1. The Hall–Kier alpha value is -1.80. The Morgan fingerprint density at radius 1 is 1.28 bits per heavy atom. The Labute approximate surface area is 173 Å². The molecule has 0 aliphatic carbocycles. The van der Waals surface area contributed by atoms with Crippen molar-refractivity contribution in [3.8, 4) is 0 Å². The lowest BCUT2D eigenvalue weighted by molar-refractivity contribution is -0.126. The molecule has 1 fully saturated rings. The topological polar surface area (TPSA) is 88.1 Å². The lowest BCUT2D eigenvalue weighted by Crippen LogP contribution is -2.52. The van der Waals surface area contributed by atoms with Crippen molar-refractivity contribution in [2.24, 2.45) is 0 Å². The second-order valence-corrected chi connectivity index (χ2v) is 7.65. The molecule has 1 aromatic rings. The van der Waals surface area contributed by atoms with Gasteiger partial charge in [0, 0.05) is 25.9 Å². The van der Waals surface area contributed by atoms with E-state index in [4.69, 9.17) is 9.47 Å². The van der Waals surface area contributed by atoms with E-state index >= 15 is 0 Å². The average molecular weight is 407 g/mol. The number of ether oxygens (including phenoxy) is 2. The molecule has 7 nitrogen and oxygen atoms in total. The van der Waals surface area contributed by atoms with E-state index in [0.717, 1.165) is 11.8 Å². The first-order valence-electron chi connectivity index (χ1n) is 10.4. The summed E-state index contributed by atoms with van der Waals surface area (Å²) in [7, 11) is 0. The molecule has 0 saturated carbocycles. The highest BCUT2D eigenvalue weighted by Gasteiger charge is 2.25. The predicted octanol–water partition coefficient (Wildman–Crippen LogP) is 2.05. The van der Waals surface area contributed by atoms with E-state index in [9.17, 15) is 14.7 Å². The van der Waals surface area contributed by atoms with Gasteiger partial charge in [0.15, 0.2) is 0 Å². The summed E-state index contributed by atoms with van der Waals surface area (Å²) in [6.07, 6.45) is 1.17. The predicted molar refractivity (Wildman–Crippen MR) is 110 cm³/mol. The minimum atomic E-state index is -0.664.